The molecule has 0 spiro atoms. The molecule has 2 heterocycles. The number of hydrogen-bond acceptors (Lipinski definition) is 4. The van der Waals surface area contributed by atoms with Gasteiger partial charge < -0.3 is 9.80 Å². The Bertz CT molecular complexity index is 834. The highest BCUT2D eigenvalue weighted by molar-refractivity contribution is 7.86. The van der Waals surface area contributed by atoms with Gasteiger partial charge in [-0.15, -0.1) is 0 Å². The number of piperazine rings is 1. The lowest BCUT2D eigenvalue weighted by Crippen LogP contribution is -2.55. The van der Waals surface area contributed by atoms with Crippen LogP contribution in [0.5, 0.6) is 0 Å². The Labute approximate surface area is 187 Å². The first-order valence-corrected chi connectivity index (χ1v) is 13.2. The van der Waals surface area contributed by atoms with Gasteiger partial charge >= 0.3 is 0 Å². The molecule has 1 aromatic carbocycles. The topological polar surface area (TPSA) is 64.2 Å². The average molecular weight is 449 g/mol. The summed E-state index contributed by atoms with van der Waals surface area (Å²) < 4.78 is 29.6. The van der Waals surface area contributed by atoms with E-state index in [0.717, 1.165) is 51.6 Å². The molecule has 7 nitrogen and oxygen atoms in total. The predicted molar refractivity (Wildman–Crippen MR) is 123 cm³/mol. The van der Waals surface area contributed by atoms with Gasteiger partial charge in [-0.1, -0.05) is 37.5 Å². The van der Waals surface area contributed by atoms with Crippen molar-refractivity contribution in [1.82, 2.24) is 13.5 Å². The summed E-state index contributed by atoms with van der Waals surface area (Å²) in [5.74, 6) is -0.112. The fourth-order valence-corrected chi connectivity index (χ4v) is 6.93. The molecule has 1 amide bonds. The monoisotopic (exact) mass is 448 g/mol. The number of rotatable bonds is 5. The maximum absolute atomic E-state index is 13.2. The van der Waals surface area contributed by atoms with Crippen LogP contribution < -0.4 is 4.90 Å². The normalized spacial score (nSPS) is 24.5. The lowest BCUT2D eigenvalue weighted by molar-refractivity contribution is -0.137. The Morgan fingerprint density at radius 1 is 0.903 bits per heavy atom. The SMILES string of the molecule is CN(C1CCCCC1)S(=O)(=O)N1CCCC(C(=O)N2CCN(c3ccccc3)CC2)C1. The van der Waals surface area contributed by atoms with Crippen molar-refractivity contribution >= 4 is 21.8 Å². The molecule has 2 saturated heterocycles. The minimum Gasteiger partial charge on any atom is -0.368 e. The molecule has 8 heteroatoms. The maximum atomic E-state index is 13.2. The quantitative estimate of drug-likeness (QED) is 0.695. The molecule has 3 fully saturated rings. The third-order valence-electron chi connectivity index (χ3n) is 7.23. The Morgan fingerprint density at radius 3 is 2.26 bits per heavy atom. The van der Waals surface area contributed by atoms with Gasteiger partial charge in [0.15, 0.2) is 0 Å². The second-order valence-electron chi connectivity index (χ2n) is 9.16. The molecule has 31 heavy (non-hydrogen) atoms. The lowest BCUT2D eigenvalue weighted by atomic mass is 9.96. The Kier molecular flexibility index (Phi) is 7.19. The van der Waals surface area contributed by atoms with E-state index in [0.29, 0.717) is 26.2 Å². The zero-order chi connectivity index (χ0) is 21.8. The van der Waals surface area contributed by atoms with Crippen molar-refractivity contribution < 1.29 is 13.2 Å². The maximum Gasteiger partial charge on any atom is 0.281 e. The Morgan fingerprint density at radius 2 is 1.58 bits per heavy atom. The van der Waals surface area contributed by atoms with Crippen LogP contribution in [0.2, 0.25) is 0 Å². The Hall–Kier alpha value is -1.64. The molecule has 0 radical (unpaired) electrons. The summed E-state index contributed by atoms with van der Waals surface area (Å²) in [5, 5.41) is 0. The molecule has 1 saturated carbocycles. The highest BCUT2D eigenvalue weighted by atomic mass is 32.2. The number of piperidine rings is 1. The number of benzene rings is 1. The molecule has 172 valence electrons. The molecular weight excluding hydrogens is 412 g/mol. The molecule has 2 aliphatic heterocycles. The summed E-state index contributed by atoms with van der Waals surface area (Å²) in [4.78, 5) is 17.5. The minimum atomic E-state index is -3.52. The van der Waals surface area contributed by atoms with Crippen molar-refractivity contribution in [3.63, 3.8) is 0 Å². The van der Waals surface area contributed by atoms with Crippen LogP contribution in [0.1, 0.15) is 44.9 Å². The van der Waals surface area contributed by atoms with Crippen LogP contribution in [0.25, 0.3) is 0 Å². The first-order valence-electron chi connectivity index (χ1n) is 11.8. The van der Waals surface area contributed by atoms with E-state index in [-0.39, 0.29) is 17.9 Å². The van der Waals surface area contributed by atoms with Crippen molar-refractivity contribution in [3.8, 4) is 0 Å². The van der Waals surface area contributed by atoms with Crippen LogP contribution in [0.15, 0.2) is 30.3 Å². The molecule has 1 aromatic rings. The molecule has 1 aliphatic carbocycles. The molecule has 0 aromatic heterocycles. The summed E-state index contributed by atoms with van der Waals surface area (Å²) in [7, 11) is -1.79. The second-order valence-corrected chi connectivity index (χ2v) is 11.1. The van der Waals surface area contributed by atoms with Crippen LogP contribution in [-0.4, -0.2) is 80.2 Å². The van der Waals surface area contributed by atoms with E-state index in [2.05, 4.69) is 17.0 Å². The van der Waals surface area contributed by atoms with Crippen LogP contribution in [0, 0.1) is 5.92 Å². The summed E-state index contributed by atoms with van der Waals surface area (Å²) in [5.41, 5.74) is 1.19. The van der Waals surface area contributed by atoms with Crippen LogP contribution in [-0.2, 0) is 15.0 Å². The number of carbonyl (C=O) groups is 1. The van der Waals surface area contributed by atoms with E-state index in [9.17, 15) is 13.2 Å². The van der Waals surface area contributed by atoms with Crippen molar-refractivity contribution in [2.75, 3.05) is 51.2 Å². The summed E-state index contributed by atoms with van der Waals surface area (Å²) in [6, 6.07) is 10.4. The fraction of sp³-hybridized carbons (Fsp3) is 0.696. The third kappa shape index (κ3) is 5.07. The zero-order valence-corrected chi connectivity index (χ0v) is 19.5. The summed E-state index contributed by atoms with van der Waals surface area (Å²) in [6.07, 6.45) is 6.80. The van der Waals surface area contributed by atoms with Crippen LogP contribution >= 0.6 is 0 Å². The number of anilines is 1. The van der Waals surface area contributed by atoms with Gasteiger partial charge in [0.25, 0.3) is 10.2 Å². The van der Waals surface area contributed by atoms with Gasteiger partial charge in [-0.05, 0) is 37.8 Å². The van der Waals surface area contributed by atoms with Crippen molar-refractivity contribution in [2.45, 2.75) is 51.0 Å². The molecule has 3 aliphatic rings. The second kappa shape index (κ2) is 9.88. The van der Waals surface area contributed by atoms with E-state index in [1.807, 2.05) is 23.1 Å². The van der Waals surface area contributed by atoms with Crippen LogP contribution in [0.4, 0.5) is 5.69 Å². The molecular formula is C23H36N4O3S. The lowest BCUT2D eigenvalue weighted by Gasteiger charge is -2.40. The van der Waals surface area contributed by atoms with E-state index in [1.54, 1.807) is 15.7 Å². The highest BCUT2D eigenvalue weighted by Gasteiger charge is 2.38. The minimum absolute atomic E-state index is 0.0980. The molecule has 0 bridgehead atoms. The van der Waals surface area contributed by atoms with Gasteiger partial charge in [0.2, 0.25) is 5.91 Å². The van der Waals surface area contributed by atoms with Crippen LogP contribution in [0.3, 0.4) is 0 Å². The van der Waals surface area contributed by atoms with E-state index in [1.165, 1.54) is 12.1 Å². The highest BCUT2D eigenvalue weighted by Crippen LogP contribution is 2.28. The van der Waals surface area contributed by atoms with Gasteiger partial charge in [0.05, 0.1) is 5.92 Å². The number of hydrogen-bond donors (Lipinski definition) is 0. The molecule has 4 rings (SSSR count). The first kappa shape index (κ1) is 22.6. The van der Waals surface area contributed by atoms with E-state index in [4.69, 9.17) is 0 Å². The zero-order valence-electron chi connectivity index (χ0n) is 18.7. The van der Waals surface area contributed by atoms with Crippen molar-refractivity contribution in [2.24, 2.45) is 5.92 Å². The third-order valence-corrected chi connectivity index (χ3v) is 9.24. The first-order chi connectivity index (χ1) is 15.0. The standard InChI is InChI=1S/C23H36N4O3S/c1-24(21-10-4-2-5-11-21)31(29,30)27-14-8-9-20(19-27)23(28)26-17-15-25(16-18-26)22-12-6-3-7-13-22/h3,6-7,12-13,20-21H,2,4-5,8-11,14-19H2,1H3. The van der Waals surface area contributed by atoms with Crippen molar-refractivity contribution in [3.05, 3.63) is 30.3 Å². The summed E-state index contributed by atoms with van der Waals surface area (Å²) in [6.45, 7) is 3.85. The molecule has 1 unspecified atom stereocenters. The number of nitrogens with zero attached hydrogens (tertiary/aromatic N) is 4. The van der Waals surface area contributed by atoms with E-state index < -0.39 is 10.2 Å². The number of carbonyl (C=O) groups excluding carboxylic acids is 1. The van der Waals surface area contributed by atoms with E-state index >= 15 is 0 Å². The van der Waals surface area contributed by atoms with Gasteiger partial charge in [-0.25, -0.2) is 0 Å². The summed E-state index contributed by atoms with van der Waals surface area (Å²) >= 11 is 0. The van der Waals surface area contributed by atoms with Gasteiger partial charge in [0.1, 0.15) is 0 Å². The molecule has 1 atom stereocenters. The predicted octanol–water partition coefficient (Wildman–Crippen LogP) is 2.56. The Balaban J connectivity index is 1.34. The average Bonchev–Trinajstić information content (AvgIpc) is 2.84. The van der Waals surface area contributed by atoms with Gasteiger partial charge in [0, 0.05) is 58.0 Å². The van der Waals surface area contributed by atoms with Crippen molar-refractivity contribution in [1.29, 1.82) is 0 Å². The van der Waals surface area contributed by atoms with Gasteiger partial charge in [-0.2, -0.15) is 17.0 Å². The van der Waals surface area contributed by atoms with Gasteiger partial charge in [-0.3, -0.25) is 4.79 Å². The number of para-hydroxylation sites is 1. The number of amides is 1. The largest absolute Gasteiger partial charge is 0.368 e. The molecule has 0 N–H and O–H groups in total. The smallest absolute Gasteiger partial charge is 0.281 e. The fourth-order valence-electron chi connectivity index (χ4n) is 5.25.